The number of benzene rings is 2. The van der Waals surface area contributed by atoms with Crippen LogP contribution < -0.4 is 14.2 Å². The van der Waals surface area contributed by atoms with E-state index in [9.17, 15) is 0 Å². The second kappa shape index (κ2) is 7.18. The van der Waals surface area contributed by atoms with Gasteiger partial charge in [-0.15, -0.1) is 11.8 Å². The lowest BCUT2D eigenvalue weighted by Gasteiger charge is -2.24. The molecule has 23 heavy (non-hydrogen) atoms. The van der Waals surface area contributed by atoms with E-state index in [1.165, 1.54) is 16.0 Å². The largest absolute Gasteiger partial charge is 0.497 e. The first kappa shape index (κ1) is 16.1. The maximum Gasteiger partial charge on any atom is 0.160 e. The van der Waals surface area contributed by atoms with Crippen LogP contribution in [0.4, 0.5) is 0 Å². The summed E-state index contributed by atoms with van der Waals surface area (Å²) >= 11 is 1.93. The molecule has 0 saturated carbocycles. The molecule has 0 amide bonds. The van der Waals surface area contributed by atoms with Gasteiger partial charge in [-0.2, -0.15) is 0 Å². The monoisotopic (exact) mass is 330 g/mol. The van der Waals surface area contributed by atoms with E-state index < -0.39 is 0 Å². The van der Waals surface area contributed by atoms with Crippen LogP contribution in [-0.4, -0.2) is 27.1 Å². The predicted molar refractivity (Wildman–Crippen MR) is 94.2 cm³/mol. The normalized spacial score (nSPS) is 16.6. The number of fused-ring (bicyclic) bond motifs is 1. The van der Waals surface area contributed by atoms with Crippen LogP contribution in [0.25, 0.3) is 0 Å². The van der Waals surface area contributed by atoms with E-state index in [2.05, 4.69) is 30.3 Å². The summed E-state index contributed by atoms with van der Waals surface area (Å²) < 4.78 is 16.0. The Balaban J connectivity index is 1.72. The SMILES string of the molecule is COc1ccc2c(c1)SCC(Cc1ccc(OC)c(OC)c1)C2. The van der Waals surface area contributed by atoms with Gasteiger partial charge in [0.2, 0.25) is 0 Å². The summed E-state index contributed by atoms with van der Waals surface area (Å²) in [5.41, 5.74) is 2.72. The molecule has 1 atom stereocenters. The van der Waals surface area contributed by atoms with Crippen molar-refractivity contribution in [1.82, 2.24) is 0 Å². The predicted octanol–water partition coefficient (Wildman–Crippen LogP) is 4.22. The lowest BCUT2D eigenvalue weighted by Crippen LogP contribution is -2.16. The van der Waals surface area contributed by atoms with E-state index >= 15 is 0 Å². The van der Waals surface area contributed by atoms with Gasteiger partial charge in [0.15, 0.2) is 11.5 Å². The first-order chi connectivity index (χ1) is 11.2. The highest BCUT2D eigenvalue weighted by Crippen LogP contribution is 2.37. The molecule has 3 nitrogen and oxygen atoms in total. The molecule has 0 radical (unpaired) electrons. The second-order valence-corrected chi connectivity index (χ2v) is 6.81. The molecule has 0 fully saturated rings. The van der Waals surface area contributed by atoms with Crippen molar-refractivity contribution in [2.45, 2.75) is 17.7 Å². The molecule has 0 bridgehead atoms. The molecule has 3 rings (SSSR count). The maximum absolute atomic E-state index is 5.40. The fourth-order valence-electron chi connectivity index (χ4n) is 3.01. The zero-order valence-electron chi connectivity index (χ0n) is 13.8. The summed E-state index contributed by atoms with van der Waals surface area (Å²) in [4.78, 5) is 1.35. The smallest absolute Gasteiger partial charge is 0.160 e. The van der Waals surface area contributed by atoms with Crippen LogP contribution in [0.15, 0.2) is 41.3 Å². The highest BCUT2D eigenvalue weighted by Gasteiger charge is 2.20. The summed E-state index contributed by atoms with van der Waals surface area (Å²) in [6.45, 7) is 0. The third-order valence-corrected chi connectivity index (χ3v) is 5.56. The van der Waals surface area contributed by atoms with Crippen LogP contribution in [0.2, 0.25) is 0 Å². The van der Waals surface area contributed by atoms with Crippen molar-refractivity contribution in [3.05, 3.63) is 47.5 Å². The van der Waals surface area contributed by atoms with Gasteiger partial charge in [-0.25, -0.2) is 0 Å². The Labute approximate surface area is 142 Å². The number of thioether (sulfide) groups is 1. The lowest BCUT2D eigenvalue weighted by atomic mass is 9.93. The summed E-state index contributed by atoms with van der Waals surface area (Å²) in [6.07, 6.45) is 2.17. The average molecular weight is 330 g/mol. The summed E-state index contributed by atoms with van der Waals surface area (Å²) in [5, 5.41) is 0. The van der Waals surface area contributed by atoms with Crippen molar-refractivity contribution in [2.75, 3.05) is 27.1 Å². The van der Waals surface area contributed by atoms with Gasteiger partial charge in [-0.3, -0.25) is 0 Å². The number of ether oxygens (including phenoxy) is 3. The highest BCUT2D eigenvalue weighted by molar-refractivity contribution is 7.99. The van der Waals surface area contributed by atoms with E-state index in [-0.39, 0.29) is 0 Å². The standard InChI is InChI=1S/C19H22O3S/c1-20-16-6-5-15-9-14(12-23-19(15)11-16)8-13-4-7-17(21-2)18(10-13)22-3/h4-7,10-11,14H,8-9,12H2,1-3H3. The molecule has 1 aliphatic heterocycles. The molecule has 2 aromatic carbocycles. The molecule has 0 aromatic heterocycles. The van der Waals surface area contributed by atoms with Gasteiger partial charge in [0.05, 0.1) is 21.3 Å². The van der Waals surface area contributed by atoms with Crippen molar-refractivity contribution >= 4 is 11.8 Å². The highest BCUT2D eigenvalue weighted by atomic mass is 32.2. The van der Waals surface area contributed by atoms with Crippen molar-refractivity contribution in [3.8, 4) is 17.2 Å². The number of rotatable bonds is 5. The molecule has 2 aromatic rings. The van der Waals surface area contributed by atoms with Crippen molar-refractivity contribution in [1.29, 1.82) is 0 Å². The Morgan fingerprint density at radius 3 is 2.52 bits per heavy atom. The Kier molecular flexibility index (Phi) is 5.01. The van der Waals surface area contributed by atoms with Crippen LogP contribution in [0.1, 0.15) is 11.1 Å². The van der Waals surface area contributed by atoms with Gasteiger partial charge in [0, 0.05) is 10.6 Å². The number of hydrogen-bond acceptors (Lipinski definition) is 4. The van der Waals surface area contributed by atoms with Crippen LogP contribution in [0, 0.1) is 5.92 Å². The van der Waals surface area contributed by atoms with E-state index in [4.69, 9.17) is 14.2 Å². The van der Waals surface area contributed by atoms with Crippen LogP contribution in [-0.2, 0) is 12.8 Å². The molecule has 4 heteroatoms. The van der Waals surface area contributed by atoms with Gasteiger partial charge in [0.1, 0.15) is 5.75 Å². The molecular weight excluding hydrogens is 308 g/mol. The van der Waals surface area contributed by atoms with Gasteiger partial charge in [-0.1, -0.05) is 12.1 Å². The van der Waals surface area contributed by atoms with Gasteiger partial charge < -0.3 is 14.2 Å². The van der Waals surface area contributed by atoms with E-state index in [0.717, 1.165) is 35.8 Å². The third-order valence-electron chi connectivity index (χ3n) is 4.23. The fourth-order valence-corrected chi connectivity index (χ4v) is 4.20. The molecule has 0 aliphatic carbocycles. The van der Waals surface area contributed by atoms with Crippen molar-refractivity contribution < 1.29 is 14.2 Å². The topological polar surface area (TPSA) is 27.7 Å². The minimum atomic E-state index is 0.638. The number of hydrogen-bond donors (Lipinski definition) is 0. The summed E-state index contributed by atoms with van der Waals surface area (Å²) in [5.74, 6) is 4.30. The molecule has 0 N–H and O–H groups in total. The van der Waals surface area contributed by atoms with Crippen LogP contribution in [0.3, 0.4) is 0 Å². The summed E-state index contributed by atoms with van der Waals surface area (Å²) in [6, 6.07) is 12.6. The Hall–Kier alpha value is -1.81. The van der Waals surface area contributed by atoms with Crippen molar-refractivity contribution in [3.63, 3.8) is 0 Å². The summed E-state index contributed by atoms with van der Waals surface area (Å²) in [7, 11) is 5.07. The molecule has 1 aliphatic rings. The molecule has 1 unspecified atom stereocenters. The minimum Gasteiger partial charge on any atom is -0.497 e. The van der Waals surface area contributed by atoms with E-state index in [1.54, 1.807) is 21.3 Å². The minimum absolute atomic E-state index is 0.638. The number of methoxy groups -OCH3 is 3. The maximum atomic E-state index is 5.40. The van der Waals surface area contributed by atoms with Crippen LogP contribution in [0.5, 0.6) is 17.2 Å². The Bertz CT molecular complexity index is 684. The molecule has 0 spiro atoms. The Morgan fingerprint density at radius 1 is 0.957 bits per heavy atom. The first-order valence-electron chi connectivity index (χ1n) is 7.74. The van der Waals surface area contributed by atoms with Gasteiger partial charge in [-0.05, 0) is 54.2 Å². The molecular formula is C19H22O3S. The average Bonchev–Trinajstić information content (AvgIpc) is 2.61. The zero-order valence-corrected chi connectivity index (χ0v) is 14.6. The van der Waals surface area contributed by atoms with E-state index in [1.807, 2.05) is 17.8 Å². The van der Waals surface area contributed by atoms with E-state index in [0.29, 0.717) is 5.92 Å². The zero-order chi connectivity index (χ0) is 16.2. The molecule has 0 saturated heterocycles. The second-order valence-electron chi connectivity index (χ2n) is 5.75. The first-order valence-corrected chi connectivity index (χ1v) is 8.72. The molecule has 122 valence electrons. The van der Waals surface area contributed by atoms with Crippen LogP contribution >= 0.6 is 11.8 Å². The van der Waals surface area contributed by atoms with Gasteiger partial charge in [0.25, 0.3) is 0 Å². The molecule has 1 heterocycles. The van der Waals surface area contributed by atoms with Gasteiger partial charge >= 0.3 is 0 Å². The third kappa shape index (κ3) is 3.58. The quantitative estimate of drug-likeness (QED) is 0.820. The fraction of sp³-hybridized carbons (Fsp3) is 0.368. The Morgan fingerprint density at radius 2 is 1.78 bits per heavy atom. The van der Waals surface area contributed by atoms with Crippen molar-refractivity contribution in [2.24, 2.45) is 5.92 Å². The lowest BCUT2D eigenvalue weighted by molar-refractivity contribution is 0.354.